The maximum atomic E-state index is 13.3. The number of carbonyl (C=O) groups is 1. The third-order valence-electron chi connectivity index (χ3n) is 6.14. The van der Waals surface area contributed by atoms with Gasteiger partial charge in [-0.15, -0.1) is 0 Å². The molecule has 0 bridgehead atoms. The van der Waals surface area contributed by atoms with Gasteiger partial charge in [-0.3, -0.25) is 4.79 Å². The Morgan fingerprint density at radius 1 is 0.718 bits per heavy atom. The molecule has 0 saturated carbocycles. The fourth-order valence-corrected chi connectivity index (χ4v) is 4.08. The summed E-state index contributed by atoms with van der Waals surface area (Å²) in [6.45, 7) is 12.2. The Morgan fingerprint density at radius 2 is 1.15 bits per heavy atom. The summed E-state index contributed by atoms with van der Waals surface area (Å²) in [6.07, 6.45) is 0. The zero-order chi connectivity index (χ0) is 28.2. The van der Waals surface area contributed by atoms with Gasteiger partial charge < -0.3 is 21.1 Å². The van der Waals surface area contributed by atoms with Gasteiger partial charge in [-0.2, -0.15) is 15.0 Å². The molecule has 3 aromatic carbocycles. The number of para-hydroxylation sites is 2. The molecule has 0 aliphatic rings. The van der Waals surface area contributed by atoms with Crippen LogP contribution >= 0.6 is 0 Å². The van der Waals surface area contributed by atoms with Crippen LogP contribution in [0.3, 0.4) is 0 Å². The molecule has 0 unspecified atom stereocenters. The molecule has 0 aliphatic carbocycles. The molecule has 39 heavy (non-hydrogen) atoms. The molecule has 0 fully saturated rings. The van der Waals surface area contributed by atoms with E-state index in [4.69, 9.17) is 0 Å². The molecule has 4 rings (SSSR count). The van der Waals surface area contributed by atoms with Crippen LogP contribution in [0.5, 0.6) is 5.75 Å². The third kappa shape index (κ3) is 7.10. The van der Waals surface area contributed by atoms with Gasteiger partial charge in [0.15, 0.2) is 5.82 Å². The van der Waals surface area contributed by atoms with Crippen molar-refractivity contribution in [3.8, 4) is 5.75 Å². The molecule has 8 nitrogen and oxygen atoms in total. The predicted molar refractivity (Wildman–Crippen MR) is 156 cm³/mol. The van der Waals surface area contributed by atoms with Crippen LogP contribution < -0.4 is 16.0 Å². The van der Waals surface area contributed by atoms with E-state index < -0.39 is 0 Å². The monoisotopic (exact) mass is 524 g/mol. The number of nitrogens with zero attached hydrogens (tertiary/aromatic N) is 3. The van der Waals surface area contributed by atoms with E-state index in [2.05, 4.69) is 30.9 Å². The van der Waals surface area contributed by atoms with Gasteiger partial charge in [0.1, 0.15) is 5.75 Å². The number of phenolic OH excluding ortho intramolecular Hbond substituents is 1. The predicted octanol–water partition coefficient (Wildman–Crippen LogP) is 6.59. The van der Waals surface area contributed by atoms with E-state index in [1.165, 1.54) is 0 Å². The molecule has 4 aromatic rings. The SMILES string of the molecule is CC(C)(C)c1cc(C(=O)NCc2nc(Nc3ccccc3)nc(Nc3ccccc3)n2)cc(C(C)(C)C)c1O. The summed E-state index contributed by atoms with van der Waals surface area (Å²) in [6, 6.07) is 22.7. The Kier molecular flexibility index (Phi) is 7.85. The molecule has 1 aromatic heterocycles. The van der Waals surface area contributed by atoms with E-state index in [0.717, 1.165) is 22.5 Å². The van der Waals surface area contributed by atoms with Gasteiger partial charge in [0, 0.05) is 28.1 Å². The van der Waals surface area contributed by atoms with Crippen LogP contribution in [0.2, 0.25) is 0 Å². The number of amides is 1. The summed E-state index contributed by atoms with van der Waals surface area (Å²) in [5.41, 5.74) is 2.90. The number of nitrogens with one attached hydrogen (secondary N) is 3. The summed E-state index contributed by atoms with van der Waals surface area (Å²) in [7, 11) is 0. The quantitative estimate of drug-likeness (QED) is 0.216. The zero-order valence-electron chi connectivity index (χ0n) is 23.3. The van der Waals surface area contributed by atoms with Crippen molar-refractivity contribution >= 4 is 29.2 Å². The molecule has 202 valence electrons. The molecular formula is C31H36N6O2. The molecule has 8 heteroatoms. The normalized spacial score (nSPS) is 11.6. The van der Waals surface area contributed by atoms with Crippen molar-refractivity contribution < 1.29 is 9.90 Å². The van der Waals surface area contributed by atoms with E-state index in [-0.39, 0.29) is 29.0 Å². The van der Waals surface area contributed by atoms with Crippen LogP contribution in [0, 0.1) is 0 Å². The van der Waals surface area contributed by atoms with Gasteiger partial charge in [0.2, 0.25) is 11.9 Å². The third-order valence-corrected chi connectivity index (χ3v) is 6.14. The molecule has 4 N–H and O–H groups in total. The molecule has 0 saturated heterocycles. The van der Waals surface area contributed by atoms with Crippen LogP contribution in [0.25, 0.3) is 0 Å². The van der Waals surface area contributed by atoms with Crippen LogP contribution in [0.1, 0.15) is 68.9 Å². The number of carbonyl (C=O) groups excluding carboxylic acids is 1. The number of anilines is 4. The molecule has 1 heterocycles. The minimum Gasteiger partial charge on any atom is -0.507 e. The number of aromatic hydroxyl groups is 1. The molecule has 0 aliphatic heterocycles. The zero-order valence-corrected chi connectivity index (χ0v) is 23.3. The van der Waals surface area contributed by atoms with Crippen LogP contribution in [0.15, 0.2) is 72.8 Å². The van der Waals surface area contributed by atoms with Crippen LogP contribution in [-0.2, 0) is 17.4 Å². The average molecular weight is 525 g/mol. The number of rotatable bonds is 7. The minimum absolute atomic E-state index is 0.0882. The smallest absolute Gasteiger partial charge is 0.251 e. The lowest BCUT2D eigenvalue weighted by Gasteiger charge is -2.28. The van der Waals surface area contributed by atoms with Gasteiger partial charge in [-0.25, -0.2) is 0 Å². The van der Waals surface area contributed by atoms with E-state index in [9.17, 15) is 9.90 Å². The second-order valence-electron chi connectivity index (χ2n) is 11.5. The molecule has 0 spiro atoms. The maximum Gasteiger partial charge on any atom is 0.251 e. The standard InChI is InChI=1S/C31H36N6O2/c1-30(2,3)23-17-20(18-24(26(23)38)31(4,5)6)27(39)32-19-25-35-28(33-21-13-9-7-10-14-21)37-29(36-25)34-22-15-11-8-12-16-22/h7-18,38H,19H2,1-6H3,(H,32,39)(H2,33,34,35,36,37). The van der Waals surface area contributed by atoms with Gasteiger partial charge in [0.05, 0.1) is 6.54 Å². The van der Waals surface area contributed by atoms with Crippen LogP contribution in [-0.4, -0.2) is 26.0 Å². The lowest BCUT2D eigenvalue weighted by atomic mass is 9.78. The Labute approximate surface area is 230 Å². The highest BCUT2D eigenvalue weighted by atomic mass is 16.3. The van der Waals surface area contributed by atoms with Crippen molar-refractivity contribution in [3.63, 3.8) is 0 Å². The second kappa shape index (κ2) is 11.1. The Morgan fingerprint density at radius 3 is 1.56 bits per heavy atom. The van der Waals surface area contributed by atoms with E-state index in [1.807, 2.05) is 102 Å². The van der Waals surface area contributed by atoms with Crippen molar-refractivity contribution in [2.75, 3.05) is 10.6 Å². The first-order valence-corrected chi connectivity index (χ1v) is 13.0. The number of phenols is 1. The number of aromatic nitrogens is 3. The Hall–Kier alpha value is -4.46. The van der Waals surface area contributed by atoms with Crippen LogP contribution in [0.4, 0.5) is 23.3 Å². The average Bonchev–Trinajstić information content (AvgIpc) is 2.87. The Balaban J connectivity index is 1.62. The van der Waals surface area contributed by atoms with Gasteiger partial charge in [-0.1, -0.05) is 77.9 Å². The highest BCUT2D eigenvalue weighted by Crippen LogP contribution is 2.39. The maximum absolute atomic E-state index is 13.3. The molecule has 0 atom stereocenters. The lowest BCUT2D eigenvalue weighted by Crippen LogP contribution is -2.26. The fourth-order valence-electron chi connectivity index (χ4n) is 4.08. The largest absolute Gasteiger partial charge is 0.507 e. The van der Waals surface area contributed by atoms with Crippen molar-refractivity contribution in [1.29, 1.82) is 0 Å². The summed E-state index contributed by atoms with van der Waals surface area (Å²) >= 11 is 0. The molecular weight excluding hydrogens is 488 g/mol. The highest BCUT2D eigenvalue weighted by Gasteiger charge is 2.28. The topological polar surface area (TPSA) is 112 Å². The van der Waals surface area contributed by atoms with E-state index in [1.54, 1.807) is 12.1 Å². The summed E-state index contributed by atoms with van der Waals surface area (Å²) in [5, 5.41) is 20.4. The van der Waals surface area contributed by atoms with Gasteiger partial charge in [0.25, 0.3) is 5.91 Å². The Bertz CT molecular complexity index is 1350. The first-order chi connectivity index (χ1) is 18.4. The van der Waals surface area contributed by atoms with Gasteiger partial charge >= 0.3 is 0 Å². The fraction of sp³-hybridized carbons (Fsp3) is 0.290. The van der Waals surface area contributed by atoms with Crippen molar-refractivity contribution in [3.05, 3.63) is 95.3 Å². The van der Waals surface area contributed by atoms with E-state index >= 15 is 0 Å². The number of benzene rings is 3. The van der Waals surface area contributed by atoms with Gasteiger partial charge in [-0.05, 0) is 47.2 Å². The lowest BCUT2D eigenvalue weighted by molar-refractivity contribution is 0.0949. The van der Waals surface area contributed by atoms with Crippen molar-refractivity contribution in [1.82, 2.24) is 20.3 Å². The summed E-state index contributed by atoms with van der Waals surface area (Å²) in [4.78, 5) is 26.9. The summed E-state index contributed by atoms with van der Waals surface area (Å²) in [5.74, 6) is 1.06. The molecule has 0 radical (unpaired) electrons. The first kappa shape index (κ1) is 27.6. The number of hydrogen-bond acceptors (Lipinski definition) is 7. The minimum atomic E-state index is -0.343. The van der Waals surface area contributed by atoms with Crippen molar-refractivity contribution in [2.45, 2.75) is 58.9 Å². The molecule has 1 amide bonds. The van der Waals surface area contributed by atoms with E-state index in [0.29, 0.717) is 23.3 Å². The highest BCUT2D eigenvalue weighted by molar-refractivity contribution is 5.95. The summed E-state index contributed by atoms with van der Waals surface area (Å²) < 4.78 is 0. The number of hydrogen-bond donors (Lipinski definition) is 4. The first-order valence-electron chi connectivity index (χ1n) is 13.0. The van der Waals surface area contributed by atoms with Crippen molar-refractivity contribution in [2.24, 2.45) is 0 Å². The second-order valence-corrected chi connectivity index (χ2v) is 11.5.